The van der Waals surface area contributed by atoms with Crippen LogP contribution >= 0.6 is 0 Å². The summed E-state index contributed by atoms with van der Waals surface area (Å²) in [4.78, 5) is 6.57. The fourth-order valence-corrected chi connectivity index (χ4v) is 2.58. The number of piperidine rings is 1. The van der Waals surface area contributed by atoms with Gasteiger partial charge in [-0.1, -0.05) is 0 Å². The van der Waals surface area contributed by atoms with Crippen molar-refractivity contribution in [2.45, 2.75) is 32.7 Å². The Morgan fingerprint density at radius 3 is 2.68 bits per heavy atom. The van der Waals surface area contributed by atoms with Crippen LogP contribution < -0.4 is 10.2 Å². The van der Waals surface area contributed by atoms with Gasteiger partial charge in [0.15, 0.2) is 0 Å². The van der Waals surface area contributed by atoms with Crippen molar-refractivity contribution in [2.24, 2.45) is 5.92 Å². The highest BCUT2D eigenvalue weighted by Crippen LogP contribution is 2.21. The third-order valence-corrected chi connectivity index (χ3v) is 3.73. The number of nitriles is 1. The van der Waals surface area contributed by atoms with Crippen LogP contribution in [0.3, 0.4) is 0 Å². The van der Waals surface area contributed by atoms with Crippen molar-refractivity contribution in [2.75, 3.05) is 24.5 Å². The Kier molecular flexibility index (Phi) is 4.75. The topological polar surface area (TPSA) is 52.0 Å². The number of anilines is 1. The van der Waals surface area contributed by atoms with E-state index in [0.717, 1.165) is 31.2 Å². The van der Waals surface area contributed by atoms with Gasteiger partial charge in [0.25, 0.3) is 0 Å². The molecule has 19 heavy (non-hydrogen) atoms. The second kappa shape index (κ2) is 6.53. The molecule has 0 spiro atoms. The van der Waals surface area contributed by atoms with Gasteiger partial charge in [-0.05, 0) is 57.8 Å². The maximum Gasteiger partial charge on any atom is 0.140 e. The van der Waals surface area contributed by atoms with Gasteiger partial charge in [0.2, 0.25) is 0 Å². The maximum absolute atomic E-state index is 8.80. The number of aromatic nitrogens is 1. The van der Waals surface area contributed by atoms with E-state index in [1.54, 1.807) is 6.07 Å². The highest BCUT2D eigenvalue weighted by atomic mass is 15.2. The normalized spacial score (nSPS) is 16.3. The first-order chi connectivity index (χ1) is 9.20. The summed E-state index contributed by atoms with van der Waals surface area (Å²) in [7, 11) is 0. The summed E-state index contributed by atoms with van der Waals surface area (Å²) in [5.41, 5.74) is 1.60. The Labute approximate surface area is 115 Å². The summed E-state index contributed by atoms with van der Waals surface area (Å²) in [5, 5.41) is 12.2. The Morgan fingerprint density at radius 2 is 2.16 bits per heavy atom. The van der Waals surface area contributed by atoms with Gasteiger partial charge in [0, 0.05) is 12.6 Å². The van der Waals surface area contributed by atoms with Crippen LogP contribution in [0.25, 0.3) is 0 Å². The minimum absolute atomic E-state index is 0.449. The van der Waals surface area contributed by atoms with E-state index >= 15 is 0 Å². The summed E-state index contributed by atoms with van der Waals surface area (Å²) in [6.45, 7) is 7.75. The summed E-state index contributed by atoms with van der Waals surface area (Å²) in [6.07, 6.45) is 4.31. The van der Waals surface area contributed by atoms with Crippen LogP contribution in [0.4, 0.5) is 5.69 Å². The van der Waals surface area contributed by atoms with Gasteiger partial charge >= 0.3 is 0 Å². The minimum Gasteiger partial charge on any atom is -0.368 e. The van der Waals surface area contributed by atoms with Gasteiger partial charge in [-0.2, -0.15) is 5.26 Å². The van der Waals surface area contributed by atoms with Crippen LogP contribution in [0.2, 0.25) is 0 Å². The molecule has 4 nitrogen and oxygen atoms in total. The first kappa shape index (κ1) is 13.8. The molecule has 1 aromatic rings. The fraction of sp³-hybridized carbons (Fsp3) is 0.600. The number of pyridine rings is 1. The van der Waals surface area contributed by atoms with E-state index in [0.29, 0.717) is 11.7 Å². The van der Waals surface area contributed by atoms with Crippen molar-refractivity contribution in [3.8, 4) is 6.07 Å². The molecule has 1 fully saturated rings. The lowest BCUT2D eigenvalue weighted by Crippen LogP contribution is -2.39. The summed E-state index contributed by atoms with van der Waals surface area (Å²) in [6, 6.07) is 6.32. The number of hydrogen-bond donors (Lipinski definition) is 1. The molecule has 0 saturated carbocycles. The lowest BCUT2D eigenvalue weighted by atomic mass is 9.97. The Bertz CT molecular complexity index is 426. The standard InChI is InChI=1S/C15H22N4/c1-12(2)19(11-13-5-7-17-8-6-13)15-4-3-14(9-16)18-10-15/h3-4,10,12-13,17H,5-8,11H2,1-2H3. The van der Waals surface area contributed by atoms with E-state index in [1.807, 2.05) is 12.3 Å². The lowest BCUT2D eigenvalue weighted by molar-refractivity contribution is 0.367. The van der Waals surface area contributed by atoms with Crippen molar-refractivity contribution in [3.05, 3.63) is 24.0 Å². The number of rotatable bonds is 4. The van der Waals surface area contributed by atoms with E-state index in [9.17, 15) is 0 Å². The molecule has 1 N–H and O–H groups in total. The molecular weight excluding hydrogens is 236 g/mol. The van der Waals surface area contributed by atoms with Gasteiger partial charge in [0.1, 0.15) is 11.8 Å². The molecule has 0 aliphatic carbocycles. The third kappa shape index (κ3) is 3.68. The van der Waals surface area contributed by atoms with Gasteiger partial charge < -0.3 is 10.2 Å². The molecule has 0 aromatic carbocycles. The van der Waals surface area contributed by atoms with Crippen LogP contribution in [0.5, 0.6) is 0 Å². The Balaban J connectivity index is 2.07. The zero-order chi connectivity index (χ0) is 13.7. The van der Waals surface area contributed by atoms with E-state index < -0.39 is 0 Å². The maximum atomic E-state index is 8.80. The smallest absolute Gasteiger partial charge is 0.140 e. The molecule has 1 aliphatic heterocycles. The zero-order valence-corrected chi connectivity index (χ0v) is 11.8. The highest BCUT2D eigenvalue weighted by Gasteiger charge is 2.19. The van der Waals surface area contributed by atoms with Gasteiger partial charge in [-0.25, -0.2) is 4.98 Å². The van der Waals surface area contributed by atoms with Crippen LogP contribution in [-0.4, -0.2) is 30.7 Å². The fourth-order valence-electron chi connectivity index (χ4n) is 2.58. The summed E-state index contributed by atoms with van der Waals surface area (Å²) < 4.78 is 0. The minimum atomic E-state index is 0.449. The molecular formula is C15H22N4. The Hall–Kier alpha value is -1.60. The van der Waals surface area contributed by atoms with Crippen molar-refractivity contribution in [1.29, 1.82) is 5.26 Å². The van der Waals surface area contributed by atoms with E-state index in [2.05, 4.69) is 35.1 Å². The van der Waals surface area contributed by atoms with Crippen LogP contribution in [-0.2, 0) is 0 Å². The van der Waals surface area contributed by atoms with E-state index in [1.165, 1.54) is 12.8 Å². The molecule has 102 valence electrons. The number of hydrogen-bond acceptors (Lipinski definition) is 4. The van der Waals surface area contributed by atoms with E-state index in [4.69, 9.17) is 5.26 Å². The third-order valence-electron chi connectivity index (χ3n) is 3.73. The molecule has 1 aliphatic rings. The van der Waals surface area contributed by atoms with Crippen LogP contribution in [0, 0.1) is 17.2 Å². The van der Waals surface area contributed by atoms with E-state index in [-0.39, 0.29) is 0 Å². The average molecular weight is 258 g/mol. The zero-order valence-electron chi connectivity index (χ0n) is 11.8. The van der Waals surface area contributed by atoms with Crippen molar-refractivity contribution >= 4 is 5.69 Å². The predicted molar refractivity (Wildman–Crippen MR) is 77.0 cm³/mol. The molecule has 0 atom stereocenters. The molecule has 0 bridgehead atoms. The first-order valence-electron chi connectivity index (χ1n) is 7.04. The molecule has 2 heterocycles. The largest absolute Gasteiger partial charge is 0.368 e. The monoisotopic (exact) mass is 258 g/mol. The number of nitrogens with one attached hydrogen (secondary N) is 1. The van der Waals surface area contributed by atoms with Gasteiger partial charge in [-0.3, -0.25) is 0 Å². The molecule has 2 rings (SSSR count). The molecule has 0 radical (unpaired) electrons. The highest BCUT2D eigenvalue weighted by molar-refractivity contribution is 5.46. The lowest BCUT2D eigenvalue weighted by Gasteiger charge is -2.34. The summed E-state index contributed by atoms with van der Waals surface area (Å²) in [5.74, 6) is 0.749. The SMILES string of the molecule is CC(C)N(CC1CCNCC1)c1ccc(C#N)nc1. The average Bonchev–Trinajstić information content (AvgIpc) is 2.46. The molecule has 1 aromatic heterocycles. The predicted octanol–water partition coefficient (Wildman–Crippen LogP) is 2.17. The number of nitrogens with zero attached hydrogens (tertiary/aromatic N) is 3. The Morgan fingerprint density at radius 1 is 1.42 bits per heavy atom. The van der Waals surface area contributed by atoms with Crippen molar-refractivity contribution < 1.29 is 0 Å². The molecule has 1 saturated heterocycles. The van der Waals surface area contributed by atoms with Gasteiger partial charge in [0.05, 0.1) is 11.9 Å². The first-order valence-corrected chi connectivity index (χ1v) is 7.04. The van der Waals surface area contributed by atoms with Crippen molar-refractivity contribution in [3.63, 3.8) is 0 Å². The molecule has 0 unspecified atom stereocenters. The van der Waals surface area contributed by atoms with Gasteiger partial charge in [-0.15, -0.1) is 0 Å². The second-order valence-electron chi connectivity index (χ2n) is 5.45. The summed E-state index contributed by atoms with van der Waals surface area (Å²) >= 11 is 0. The van der Waals surface area contributed by atoms with Crippen LogP contribution in [0.15, 0.2) is 18.3 Å². The van der Waals surface area contributed by atoms with Crippen LogP contribution in [0.1, 0.15) is 32.4 Å². The molecule has 0 amide bonds. The second-order valence-corrected chi connectivity index (χ2v) is 5.45. The molecule has 4 heteroatoms. The van der Waals surface area contributed by atoms with Crippen molar-refractivity contribution in [1.82, 2.24) is 10.3 Å². The quantitative estimate of drug-likeness (QED) is 0.899.